The molecule has 0 bridgehead atoms. The number of aliphatic hydroxyl groups is 1. The first-order valence-electron chi connectivity index (χ1n) is 5.11. The largest absolute Gasteiger partial charge is 0.395 e. The Morgan fingerprint density at radius 3 is 2.83 bits per heavy atom. The fourth-order valence-corrected chi connectivity index (χ4v) is 1.58. The summed E-state index contributed by atoms with van der Waals surface area (Å²) in [5.74, 6) is 0.0751. The van der Waals surface area contributed by atoms with Gasteiger partial charge >= 0.3 is 5.69 Å². The van der Waals surface area contributed by atoms with Crippen molar-refractivity contribution in [2.45, 2.75) is 0 Å². The maximum absolute atomic E-state index is 10.9. The van der Waals surface area contributed by atoms with E-state index >= 15 is 0 Å². The minimum Gasteiger partial charge on any atom is -0.395 e. The van der Waals surface area contributed by atoms with E-state index in [4.69, 9.17) is 21.4 Å². The number of hydrogen-bond donors (Lipinski definition) is 1. The van der Waals surface area contributed by atoms with Gasteiger partial charge in [-0.2, -0.15) is 0 Å². The van der Waals surface area contributed by atoms with Crippen LogP contribution in [0.3, 0.4) is 0 Å². The minimum absolute atomic E-state index is 0.0751. The average Bonchev–Trinajstić information content (AvgIpc) is 2.33. The predicted octanol–water partition coefficient (Wildman–Crippen LogP) is 0.483. The summed E-state index contributed by atoms with van der Waals surface area (Å²) in [7, 11) is 1.51. The second kappa shape index (κ2) is 7.04. The molecule has 0 saturated heterocycles. The number of aliphatic hydroxyl groups excluding tert-OH is 1. The Labute approximate surface area is 108 Å². The van der Waals surface area contributed by atoms with E-state index in [1.165, 1.54) is 12.0 Å². The van der Waals surface area contributed by atoms with Crippen molar-refractivity contribution in [1.29, 1.82) is 0 Å². The van der Waals surface area contributed by atoms with Crippen molar-refractivity contribution in [1.82, 2.24) is 9.97 Å². The lowest BCUT2D eigenvalue weighted by Crippen LogP contribution is -2.31. The maximum Gasteiger partial charge on any atom is 0.348 e. The Kier molecular flexibility index (Phi) is 5.69. The quantitative estimate of drug-likeness (QED) is 0.439. The monoisotopic (exact) mass is 276 g/mol. The van der Waals surface area contributed by atoms with E-state index in [0.717, 1.165) is 6.33 Å². The lowest BCUT2D eigenvalue weighted by molar-refractivity contribution is -0.384. The van der Waals surface area contributed by atoms with Crippen LogP contribution < -0.4 is 4.90 Å². The average molecular weight is 277 g/mol. The zero-order valence-corrected chi connectivity index (χ0v) is 10.5. The van der Waals surface area contributed by atoms with E-state index < -0.39 is 4.92 Å². The number of nitro groups is 1. The Balaban J connectivity index is 3.10. The highest BCUT2D eigenvalue weighted by molar-refractivity contribution is 6.31. The van der Waals surface area contributed by atoms with Crippen molar-refractivity contribution in [3.8, 4) is 0 Å². The zero-order chi connectivity index (χ0) is 13.5. The van der Waals surface area contributed by atoms with E-state index in [0.29, 0.717) is 13.2 Å². The molecule has 0 amide bonds. The Bertz CT molecular complexity index is 418. The first-order chi connectivity index (χ1) is 8.61. The van der Waals surface area contributed by atoms with Crippen molar-refractivity contribution in [3.05, 3.63) is 21.6 Å². The lowest BCUT2D eigenvalue weighted by Gasteiger charge is -2.21. The molecule has 1 heterocycles. The van der Waals surface area contributed by atoms with Gasteiger partial charge in [0.25, 0.3) is 0 Å². The molecule has 0 aliphatic rings. The van der Waals surface area contributed by atoms with Gasteiger partial charge in [-0.15, -0.1) is 0 Å². The molecule has 1 aromatic rings. The van der Waals surface area contributed by atoms with E-state index in [1.807, 2.05) is 0 Å². The standard InChI is InChI=1S/C9H13ClN4O4/c1-18-5-3-13(2-4-15)9-7(14(16)17)8(10)11-6-12-9/h6,15H,2-5H2,1H3. The van der Waals surface area contributed by atoms with Crippen molar-refractivity contribution in [2.75, 3.05) is 38.3 Å². The second-order valence-corrected chi connectivity index (χ2v) is 3.66. The highest BCUT2D eigenvalue weighted by atomic mass is 35.5. The predicted molar refractivity (Wildman–Crippen MR) is 64.9 cm³/mol. The van der Waals surface area contributed by atoms with Gasteiger partial charge in [-0.25, -0.2) is 9.97 Å². The van der Waals surface area contributed by atoms with E-state index in [1.54, 1.807) is 0 Å². The van der Waals surface area contributed by atoms with Crippen LogP contribution in [-0.2, 0) is 4.74 Å². The second-order valence-electron chi connectivity index (χ2n) is 3.30. The summed E-state index contributed by atoms with van der Waals surface area (Å²) in [6, 6.07) is 0. The summed E-state index contributed by atoms with van der Waals surface area (Å²) in [6.07, 6.45) is 1.14. The molecule has 0 atom stereocenters. The zero-order valence-electron chi connectivity index (χ0n) is 9.74. The van der Waals surface area contributed by atoms with Gasteiger partial charge in [-0.1, -0.05) is 11.6 Å². The normalized spacial score (nSPS) is 10.4. The SMILES string of the molecule is COCCN(CCO)c1ncnc(Cl)c1[N+](=O)[O-]. The molecule has 0 aromatic carbocycles. The topological polar surface area (TPSA) is 102 Å². The lowest BCUT2D eigenvalue weighted by atomic mass is 10.4. The van der Waals surface area contributed by atoms with Gasteiger partial charge in [0, 0.05) is 20.2 Å². The molecule has 0 aliphatic heterocycles. The molecule has 0 radical (unpaired) electrons. The van der Waals surface area contributed by atoms with Gasteiger partial charge < -0.3 is 14.7 Å². The third-order valence-electron chi connectivity index (χ3n) is 2.18. The van der Waals surface area contributed by atoms with Crippen LogP contribution in [0.25, 0.3) is 0 Å². The van der Waals surface area contributed by atoms with E-state index in [2.05, 4.69) is 9.97 Å². The Morgan fingerprint density at radius 2 is 2.28 bits per heavy atom. The molecule has 0 spiro atoms. The highest BCUT2D eigenvalue weighted by Gasteiger charge is 2.25. The van der Waals surface area contributed by atoms with Gasteiger partial charge in [-0.3, -0.25) is 10.1 Å². The van der Waals surface area contributed by atoms with Crippen molar-refractivity contribution >= 4 is 23.1 Å². The molecule has 18 heavy (non-hydrogen) atoms. The minimum atomic E-state index is -0.644. The number of anilines is 1. The van der Waals surface area contributed by atoms with E-state index in [9.17, 15) is 10.1 Å². The van der Waals surface area contributed by atoms with Crippen LogP contribution in [0.15, 0.2) is 6.33 Å². The summed E-state index contributed by atoms with van der Waals surface area (Å²) in [4.78, 5) is 19.3. The third-order valence-corrected chi connectivity index (χ3v) is 2.45. The Morgan fingerprint density at radius 1 is 1.56 bits per heavy atom. The molecular formula is C9H13ClN4O4. The van der Waals surface area contributed by atoms with Crippen LogP contribution in [0.4, 0.5) is 11.5 Å². The molecule has 1 rings (SSSR count). The number of nitrogens with zero attached hydrogens (tertiary/aromatic N) is 4. The number of hydrogen-bond acceptors (Lipinski definition) is 7. The number of aromatic nitrogens is 2. The summed E-state index contributed by atoms with van der Waals surface area (Å²) in [5, 5.41) is 19.7. The Hall–Kier alpha value is -1.51. The van der Waals surface area contributed by atoms with Crippen molar-refractivity contribution < 1.29 is 14.8 Å². The summed E-state index contributed by atoms with van der Waals surface area (Å²) < 4.78 is 4.90. The summed E-state index contributed by atoms with van der Waals surface area (Å²) in [5.41, 5.74) is -0.372. The number of methoxy groups -OCH3 is 1. The van der Waals surface area contributed by atoms with Gasteiger partial charge in [0.1, 0.15) is 6.33 Å². The molecule has 8 nitrogen and oxygen atoms in total. The third kappa shape index (κ3) is 3.49. The van der Waals surface area contributed by atoms with Crippen LogP contribution in [0, 0.1) is 10.1 Å². The molecule has 1 N–H and O–H groups in total. The molecule has 0 fully saturated rings. The summed E-state index contributed by atoms with van der Waals surface area (Å²) in [6.45, 7) is 0.726. The molecule has 100 valence electrons. The molecule has 0 aliphatic carbocycles. The van der Waals surface area contributed by atoms with Crippen molar-refractivity contribution in [2.24, 2.45) is 0 Å². The van der Waals surface area contributed by atoms with Crippen LogP contribution in [0.5, 0.6) is 0 Å². The van der Waals surface area contributed by atoms with Gasteiger partial charge in [0.2, 0.25) is 11.0 Å². The van der Waals surface area contributed by atoms with Crippen LogP contribution >= 0.6 is 11.6 Å². The summed E-state index contributed by atoms with van der Waals surface area (Å²) >= 11 is 5.69. The van der Waals surface area contributed by atoms with Gasteiger partial charge in [0.05, 0.1) is 18.1 Å². The van der Waals surface area contributed by atoms with Crippen LogP contribution in [0.2, 0.25) is 5.15 Å². The smallest absolute Gasteiger partial charge is 0.348 e. The maximum atomic E-state index is 10.9. The van der Waals surface area contributed by atoms with Gasteiger partial charge in [-0.05, 0) is 0 Å². The molecule has 9 heteroatoms. The molecule has 1 aromatic heterocycles. The number of halogens is 1. The highest BCUT2D eigenvalue weighted by Crippen LogP contribution is 2.30. The van der Waals surface area contributed by atoms with E-state index in [-0.39, 0.29) is 29.8 Å². The fraction of sp³-hybridized carbons (Fsp3) is 0.556. The van der Waals surface area contributed by atoms with Crippen LogP contribution in [-0.4, -0.2) is 53.4 Å². The fourth-order valence-electron chi connectivity index (χ4n) is 1.38. The van der Waals surface area contributed by atoms with Crippen LogP contribution in [0.1, 0.15) is 0 Å². The van der Waals surface area contributed by atoms with Gasteiger partial charge in [0.15, 0.2) is 0 Å². The molecular weight excluding hydrogens is 264 g/mol. The number of ether oxygens (including phenoxy) is 1. The molecule has 0 saturated carbocycles. The molecule has 0 unspecified atom stereocenters. The van der Waals surface area contributed by atoms with Crippen molar-refractivity contribution in [3.63, 3.8) is 0 Å². The first kappa shape index (κ1) is 14.6. The number of rotatable bonds is 7. The first-order valence-corrected chi connectivity index (χ1v) is 5.49.